The number of amides is 1. The maximum absolute atomic E-state index is 12.4. The molecule has 1 amide bonds. The van der Waals surface area contributed by atoms with E-state index in [4.69, 9.17) is 5.11 Å². The third kappa shape index (κ3) is 3.66. The van der Waals surface area contributed by atoms with Crippen molar-refractivity contribution in [3.05, 3.63) is 40.7 Å². The zero-order valence-electron chi connectivity index (χ0n) is 11.8. The number of aromatic nitrogens is 1. The minimum atomic E-state index is -1.03. The van der Waals surface area contributed by atoms with Crippen molar-refractivity contribution >= 4 is 23.2 Å². The normalized spacial score (nSPS) is 10.6. The Bertz CT molecular complexity index is 637. The quantitative estimate of drug-likeness (QED) is 0.922. The van der Waals surface area contributed by atoms with Crippen molar-refractivity contribution in [3.8, 4) is 11.3 Å². The van der Waals surface area contributed by atoms with E-state index in [1.54, 1.807) is 13.8 Å². The molecule has 1 aromatic heterocycles. The summed E-state index contributed by atoms with van der Waals surface area (Å²) in [4.78, 5) is 28.9. The highest BCUT2D eigenvalue weighted by Crippen LogP contribution is 2.22. The summed E-state index contributed by atoms with van der Waals surface area (Å²) in [6.45, 7) is 3.25. The molecule has 21 heavy (non-hydrogen) atoms. The van der Waals surface area contributed by atoms with Gasteiger partial charge in [0, 0.05) is 17.0 Å². The summed E-state index contributed by atoms with van der Waals surface area (Å²) in [6, 6.07) is 9.36. The van der Waals surface area contributed by atoms with Gasteiger partial charge in [-0.15, -0.1) is 11.3 Å². The van der Waals surface area contributed by atoms with Gasteiger partial charge in [-0.05, 0) is 13.8 Å². The van der Waals surface area contributed by atoms with Gasteiger partial charge in [-0.2, -0.15) is 0 Å². The zero-order chi connectivity index (χ0) is 15.4. The SMILES string of the molecule is CC(C)N(CC(=O)O)C(=O)c1nc(-c2ccccc2)cs1. The van der Waals surface area contributed by atoms with E-state index in [0.717, 1.165) is 11.3 Å². The number of aliphatic carboxylic acids is 1. The molecule has 1 aromatic carbocycles. The van der Waals surface area contributed by atoms with Gasteiger partial charge in [-0.3, -0.25) is 9.59 Å². The molecule has 6 heteroatoms. The lowest BCUT2D eigenvalue weighted by Crippen LogP contribution is -2.40. The van der Waals surface area contributed by atoms with Gasteiger partial charge in [0.05, 0.1) is 5.69 Å². The number of hydrogen-bond acceptors (Lipinski definition) is 4. The number of carbonyl (C=O) groups is 2. The van der Waals surface area contributed by atoms with Crippen molar-refractivity contribution in [2.75, 3.05) is 6.54 Å². The van der Waals surface area contributed by atoms with Gasteiger partial charge in [0.25, 0.3) is 5.91 Å². The monoisotopic (exact) mass is 304 g/mol. The van der Waals surface area contributed by atoms with Crippen molar-refractivity contribution in [1.82, 2.24) is 9.88 Å². The molecule has 0 aliphatic carbocycles. The summed E-state index contributed by atoms with van der Waals surface area (Å²) in [6.07, 6.45) is 0. The van der Waals surface area contributed by atoms with Gasteiger partial charge in [-0.25, -0.2) is 4.98 Å². The average molecular weight is 304 g/mol. The fraction of sp³-hybridized carbons (Fsp3) is 0.267. The number of rotatable bonds is 5. The van der Waals surface area contributed by atoms with Gasteiger partial charge < -0.3 is 10.0 Å². The molecule has 2 rings (SSSR count). The van der Waals surface area contributed by atoms with Crippen molar-refractivity contribution < 1.29 is 14.7 Å². The zero-order valence-corrected chi connectivity index (χ0v) is 12.6. The summed E-state index contributed by atoms with van der Waals surface area (Å²) in [5.74, 6) is -1.38. The number of hydrogen-bond donors (Lipinski definition) is 1. The molecule has 0 fully saturated rings. The molecule has 0 saturated carbocycles. The molecule has 0 unspecified atom stereocenters. The average Bonchev–Trinajstić information content (AvgIpc) is 2.94. The van der Waals surface area contributed by atoms with Crippen LogP contribution in [0.15, 0.2) is 35.7 Å². The first-order chi connectivity index (χ1) is 9.99. The third-order valence-electron chi connectivity index (χ3n) is 2.95. The van der Waals surface area contributed by atoms with Crippen molar-refractivity contribution in [3.63, 3.8) is 0 Å². The molecule has 1 heterocycles. The summed E-state index contributed by atoms with van der Waals surface area (Å²) >= 11 is 1.23. The van der Waals surface area contributed by atoms with Crippen LogP contribution in [-0.4, -0.2) is 39.5 Å². The van der Waals surface area contributed by atoms with Crippen LogP contribution in [-0.2, 0) is 4.79 Å². The lowest BCUT2D eigenvalue weighted by molar-refractivity contribution is -0.138. The van der Waals surface area contributed by atoms with Crippen LogP contribution in [0.25, 0.3) is 11.3 Å². The Balaban J connectivity index is 2.23. The Morgan fingerprint density at radius 3 is 2.52 bits per heavy atom. The number of nitrogens with zero attached hydrogens (tertiary/aromatic N) is 2. The largest absolute Gasteiger partial charge is 0.480 e. The molecular formula is C15H16N2O3S. The van der Waals surface area contributed by atoms with E-state index in [2.05, 4.69) is 4.98 Å². The molecule has 0 bridgehead atoms. The van der Waals surface area contributed by atoms with Crippen LogP contribution in [0, 0.1) is 0 Å². The first kappa shape index (κ1) is 15.2. The van der Waals surface area contributed by atoms with Gasteiger partial charge in [0.15, 0.2) is 5.01 Å². The lowest BCUT2D eigenvalue weighted by atomic mass is 10.2. The molecule has 0 atom stereocenters. The second-order valence-corrected chi connectivity index (χ2v) is 5.68. The number of benzene rings is 1. The molecule has 110 valence electrons. The fourth-order valence-electron chi connectivity index (χ4n) is 1.87. The van der Waals surface area contributed by atoms with Crippen LogP contribution in [0.3, 0.4) is 0 Å². The highest BCUT2D eigenvalue weighted by atomic mass is 32.1. The Morgan fingerprint density at radius 2 is 1.95 bits per heavy atom. The minimum absolute atomic E-state index is 0.197. The van der Waals surface area contributed by atoms with Gasteiger partial charge in [0.2, 0.25) is 0 Å². The standard InChI is InChI=1S/C15H16N2O3S/c1-10(2)17(8-13(18)19)15(20)14-16-12(9-21-14)11-6-4-3-5-7-11/h3-7,9-10H,8H2,1-2H3,(H,18,19). The van der Waals surface area contributed by atoms with E-state index in [1.807, 2.05) is 35.7 Å². The first-order valence-corrected chi connectivity index (χ1v) is 7.40. The van der Waals surface area contributed by atoms with Gasteiger partial charge >= 0.3 is 5.97 Å². The van der Waals surface area contributed by atoms with E-state index in [1.165, 1.54) is 16.2 Å². The second-order valence-electron chi connectivity index (χ2n) is 4.82. The van der Waals surface area contributed by atoms with E-state index in [-0.39, 0.29) is 18.5 Å². The van der Waals surface area contributed by atoms with Crippen molar-refractivity contribution in [1.29, 1.82) is 0 Å². The fourth-order valence-corrected chi connectivity index (χ4v) is 2.65. The lowest BCUT2D eigenvalue weighted by Gasteiger charge is -2.23. The first-order valence-electron chi connectivity index (χ1n) is 6.52. The van der Waals surface area contributed by atoms with E-state index < -0.39 is 5.97 Å². The summed E-state index contributed by atoms with van der Waals surface area (Å²) in [5, 5.41) is 11.0. The van der Waals surface area contributed by atoms with Crippen LogP contribution in [0.4, 0.5) is 0 Å². The Morgan fingerprint density at radius 1 is 1.29 bits per heavy atom. The van der Waals surface area contributed by atoms with Gasteiger partial charge in [-0.1, -0.05) is 30.3 Å². The molecule has 0 saturated heterocycles. The molecule has 2 aromatic rings. The topological polar surface area (TPSA) is 70.5 Å². The van der Waals surface area contributed by atoms with Crippen molar-refractivity contribution in [2.24, 2.45) is 0 Å². The predicted molar refractivity (Wildman–Crippen MR) is 81.4 cm³/mol. The van der Waals surface area contributed by atoms with E-state index in [0.29, 0.717) is 5.01 Å². The molecule has 0 aliphatic rings. The van der Waals surface area contributed by atoms with E-state index in [9.17, 15) is 9.59 Å². The summed E-state index contributed by atoms with van der Waals surface area (Å²) < 4.78 is 0. The van der Waals surface area contributed by atoms with Crippen LogP contribution in [0.2, 0.25) is 0 Å². The maximum atomic E-state index is 12.4. The minimum Gasteiger partial charge on any atom is -0.480 e. The number of thiazole rings is 1. The smallest absolute Gasteiger partial charge is 0.323 e. The number of carboxylic acid groups (broad SMARTS) is 1. The number of carboxylic acids is 1. The molecule has 0 spiro atoms. The molecule has 0 aliphatic heterocycles. The molecule has 5 nitrogen and oxygen atoms in total. The highest BCUT2D eigenvalue weighted by Gasteiger charge is 2.24. The Kier molecular flexibility index (Phi) is 4.70. The van der Waals surface area contributed by atoms with Gasteiger partial charge in [0.1, 0.15) is 6.54 Å². The maximum Gasteiger partial charge on any atom is 0.323 e. The Hall–Kier alpha value is -2.21. The van der Waals surface area contributed by atoms with Crippen LogP contribution < -0.4 is 0 Å². The van der Waals surface area contributed by atoms with Crippen LogP contribution >= 0.6 is 11.3 Å². The Labute approximate surface area is 126 Å². The van der Waals surface area contributed by atoms with Crippen molar-refractivity contribution in [2.45, 2.75) is 19.9 Å². The molecule has 0 radical (unpaired) electrons. The summed E-state index contributed by atoms with van der Waals surface area (Å²) in [5.41, 5.74) is 1.66. The second kappa shape index (κ2) is 6.49. The molecular weight excluding hydrogens is 288 g/mol. The third-order valence-corrected chi connectivity index (χ3v) is 3.78. The molecule has 1 N–H and O–H groups in total. The summed E-state index contributed by atoms with van der Waals surface area (Å²) in [7, 11) is 0. The number of carbonyl (C=O) groups excluding carboxylic acids is 1. The van der Waals surface area contributed by atoms with E-state index >= 15 is 0 Å². The predicted octanol–water partition coefficient (Wildman–Crippen LogP) is 2.75. The highest BCUT2D eigenvalue weighted by molar-refractivity contribution is 7.12. The van der Waals surface area contributed by atoms with Crippen LogP contribution in [0.1, 0.15) is 23.6 Å². The van der Waals surface area contributed by atoms with Crippen LogP contribution in [0.5, 0.6) is 0 Å².